The van der Waals surface area contributed by atoms with Gasteiger partial charge in [-0.3, -0.25) is 4.21 Å². The molecule has 0 amide bonds. The normalized spacial score (nSPS) is 25.3. The van der Waals surface area contributed by atoms with E-state index in [2.05, 4.69) is 38.2 Å². The lowest BCUT2D eigenvalue weighted by Gasteiger charge is -2.14. The monoisotopic (exact) mass is 265 g/mol. The van der Waals surface area contributed by atoms with Crippen LogP contribution in [0, 0.1) is 13.8 Å². The Hall–Kier alpha value is -0.670. The van der Waals surface area contributed by atoms with Crippen LogP contribution in [-0.2, 0) is 10.8 Å². The van der Waals surface area contributed by atoms with E-state index in [-0.39, 0.29) is 0 Å². The molecule has 0 bridgehead atoms. The van der Waals surface area contributed by atoms with E-state index in [4.69, 9.17) is 0 Å². The largest absolute Gasteiger partial charge is 0.314 e. The highest BCUT2D eigenvalue weighted by Gasteiger charge is 2.29. The van der Waals surface area contributed by atoms with Crippen molar-refractivity contribution in [3.63, 3.8) is 0 Å². The summed E-state index contributed by atoms with van der Waals surface area (Å²) in [6.45, 7) is 7.29. The Balaban J connectivity index is 2.08. The van der Waals surface area contributed by atoms with Crippen molar-refractivity contribution < 1.29 is 4.21 Å². The smallest absolute Gasteiger partial charge is 0.0564 e. The minimum Gasteiger partial charge on any atom is -0.314 e. The predicted octanol–water partition coefficient (Wildman–Crippen LogP) is 2.94. The lowest BCUT2D eigenvalue weighted by molar-refractivity contribution is 0.542. The van der Waals surface area contributed by atoms with E-state index in [1.165, 1.54) is 11.1 Å². The van der Waals surface area contributed by atoms with Gasteiger partial charge in [0.15, 0.2) is 0 Å². The molecule has 3 heteroatoms. The SMILES string of the molecule is CCNC1CCC(S(=O)c2ccc(C)cc2C)C1. The molecule has 0 spiro atoms. The van der Waals surface area contributed by atoms with Crippen molar-refractivity contribution in [2.75, 3.05) is 6.54 Å². The fourth-order valence-corrected chi connectivity index (χ4v) is 4.51. The van der Waals surface area contributed by atoms with Crippen molar-refractivity contribution in [3.8, 4) is 0 Å². The molecule has 1 fully saturated rings. The van der Waals surface area contributed by atoms with Gasteiger partial charge in [0.25, 0.3) is 0 Å². The Labute approximate surface area is 113 Å². The Bertz CT molecular complexity index is 444. The molecular formula is C15H23NOS. The van der Waals surface area contributed by atoms with Crippen LogP contribution < -0.4 is 5.32 Å². The summed E-state index contributed by atoms with van der Waals surface area (Å²) in [5.41, 5.74) is 2.41. The first-order chi connectivity index (χ1) is 8.61. The first kappa shape index (κ1) is 13.8. The summed E-state index contributed by atoms with van der Waals surface area (Å²) in [6, 6.07) is 6.80. The number of aryl methyl sites for hydroxylation is 2. The Kier molecular flexibility index (Phi) is 4.57. The van der Waals surface area contributed by atoms with Gasteiger partial charge in [-0.05, 0) is 51.3 Å². The third-order valence-corrected chi connectivity index (χ3v) is 5.65. The second kappa shape index (κ2) is 5.98. The van der Waals surface area contributed by atoms with E-state index in [9.17, 15) is 4.21 Å². The summed E-state index contributed by atoms with van der Waals surface area (Å²) in [6.07, 6.45) is 3.29. The van der Waals surface area contributed by atoms with Crippen LogP contribution in [0.2, 0.25) is 0 Å². The van der Waals surface area contributed by atoms with Crippen LogP contribution in [-0.4, -0.2) is 22.0 Å². The van der Waals surface area contributed by atoms with E-state index in [1.54, 1.807) is 0 Å². The molecule has 1 N–H and O–H groups in total. The van der Waals surface area contributed by atoms with Crippen molar-refractivity contribution in [1.29, 1.82) is 0 Å². The molecule has 0 radical (unpaired) electrons. The molecule has 0 aromatic heterocycles. The van der Waals surface area contributed by atoms with Gasteiger partial charge in [-0.15, -0.1) is 0 Å². The van der Waals surface area contributed by atoms with E-state index in [0.717, 1.165) is 30.7 Å². The number of hydrogen-bond donors (Lipinski definition) is 1. The molecular weight excluding hydrogens is 242 g/mol. The predicted molar refractivity (Wildman–Crippen MR) is 77.4 cm³/mol. The maximum Gasteiger partial charge on any atom is 0.0564 e. The second-order valence-corrected chi connectivity index (χ2v) is 6.96. The summed E-state index contributed by atoms with van der Waals surface area (Å²) in [5, 5.41) is 3.80. The lowest BCUT2D eigenvalue weighted by atomic mass is 10.2. The van der Waals surface area contributed by atoms with Crippen LogP contribution in [0.1, 0.15) is 37.3 Å². The molecule has 1 aliphatic rings. The zero-order valence-electron chi connectivity index (χ0n) is 11.5. The zero-order valence-corrected chi connectivity index (χ0v) is 12.3. The molecule has 3 atom stereocenters. The summed E-state index contributed by atoms with van der Waals surface area (Å²) < 4.78 is 12.6. The van der Waals surface area contributed by atoms with Gasteiger partial charge in [0.2, 0.25) is 0 Å². The van der Waals surface area contributed by atoms with Crippen molar-refractivity contribution in [3.05, 3.63) is 29.3 Å². The number of hydrogen-bond acceptors (Lipinski definition) is 2. The molecule has 1 aliphatic carbocycles. The number of benzene rings is 1. The first-order valence-electron chi connectivity index (χ1n) is 6.83. The number of nitrogens with one attached hydrogen (secondary N) is 1. The van der Waals surface area contributed by atoms with E-state index >= 15 is 0 Å². The van der Waals surface area contributed by atoms with Crippen LogP contribution >= 0.6 is 0 Å². The minimum atomic E-state index is -0.843. The maximum absolute atomic E-state index is 12.6. The highest BCUT2D eigenvalue weighted by Crippen LogP contribution is 2.28. The Morgan fingerprint density at radius 2 is 2.11 bits per heavy atom. The zero-order chi connectivity index (χ0) is 13.1. The Morgan fingerprint density at radius 3 is 2.78 bits per heavy atom. The molecule has 1 aromatic rings. The van der Waals surface area contributed by atoms with E-state index in [1.807, 2.05) is 6.07 Å². The summed E-state index contributed by atoms with van der Waals surface area (Å²) in [5.74, 6) is 0. The maximum atomic E-state index is 12.6. The molecule has 0 aliphatic heterocycles. The van der Waals surface area contributed by atoms with Crippen LogP contribution in [0.4, 0.5) is 0 Å². The van der Waals surface area contributed by atoms with Gasteiger partial charge in [-0.2, -0.15) is 0 Å². The van der Waals surface area contributed by atoms with E-state index < -0.39 is 10.8 Å². The van der Waals surface area contributed by atoms with E-state index in [0.29, 0.717) is 11.3 Å². The Morgan fingerprint density at radius 1 is 1.33 bits per heavy atom. The van der Waals surface area contributed by atoms with Gasteiger partial charge in [-0.1, -0.05) is 24.6 Å². The van der Waals surface area contributed by atoms with Gasteiger partial charge in [0.05, 0.1) is 10.8 Å². The standard InChI is InChI=1S/C15H23NOS/c1-4-16-13-6-7-14(10-13)18(17)15-8-5-11(2)9-12(15)3/h5,8-9,13-14,16H,4,6-7,10H2,1-3H3. The molecule has 1 aromatic carbocycles. The van der Waals surface area contributed by atoms with Crippen LogP contribution in [0.5, 0.6) is 0 Å². The van der Waals surface area contributed by atoms with Crippen LogP contribution in [0.3, 0.4) is 0 Å². The van der Waals surface area contributed by atoms with Crippen molar-refractivity contribution in [2.24, 2.45) is 0 Å². The van der Waals surface area contributed by atoms with Crippen LogP contribution in [0.15, 0.2) is 23.1 Å². The molecule has 18 heavy (non-hydrogen) atoms. The summed E-state index contributed by atoms with van der Waals surface area (Å²) in [4.78, 5) is 1.03. The van der Waals surface area contributed by atoms with Gasteiger partial charge in [0.1, 0.15) is 0 Å². The first-order valence-corrected chi connectivity index (χ1v) is 8.04. The highest BCUT2D eigenvalue weighted by molar-refractivity contribution is 7.85. The molecule has 0 saturated heterocycles. The summed E-state index contributed by atoms with van der Waals surface area (Å²) in [7, 11) is -0.843. The van der Waals surface area contributed by atoms with Crippen molar-refractivity contribution in [2.45, 2.75) is 56.2 Å². The van der Waals surface area contributed by atoms with Crippen LogP contribution in [0.25, 0.3) is 0 Å². The molecule has 0 heterocycles. The lowest BCUT2D eigenvalue weighted by Crippen LogP contribution is -2.27. The fourth-order valence-electron chi connectivity index (χ4n) is 2.81. The average molecular weight is 265 g/mol. The summed E-state index contributed by atoms with van der Waals surface area (Å²) >= 11 is 0. The second-order valence-electron chi connectivity index (χ2n) is 5.26. The quantitative estimate of drug-likeness (QED) is 0.907. The number of rotatable bonds is 4. The third-order valence-electron chi connectivity index (χ3n) is 3.73. The molecule has 100 valence electrons. The van der Waals surface area contributed by atoms with Gasteiger partial charge < -0.3 is 5.32 Å². The topological polar surface area (TPSA) is 29.1 Å². The highest BCUT2D eigenvalue weighted by atomic mass is 32.2. The molecule has 1 saturated carbocycles. The molecule has 2 rings (SSSR count). The molecule has 3 unspecified atom stereocenters. The fraction of sp³-hybridized carbons (Fsp3) is 0.600. The van der Waals surface area contributed by atoms with Gasteiger partial charge in [0, 0.05) is 16.2 Å². The minimum absolute atomic E-state index is 0.329. The average Bonchev–Trinajstić information content (AvgIpc) is 2.77. The van der Waals surface area contributed by atoms with Gasteiger partial charge in [-0.25, -0.2) is 0 Å². The molecule has 2 nitrogen and oxygen atoms in total. The van der Waals surface area contributed by atoms with Gasteiger partial charge >= 0.3 is 0 Å². The van der Waals surface area contributed by atoms with Crippen molar-refractivity contribution in [1.82, 2.24) is 5.32 Å². The third kappa shape index (κ3) is 3.01. The van der Waals surface area contributed by atoms with Crippen molar-refractivity contribution >= 4 is 10.8 Å².